The van der Waals surface area contributed by atoms with E-state index in [2.05, 4.69) is 20.1 Å². The number of nitrogens with one attached hydrogen (secondary N) is 1. The summed E-state index contributed by atoms with van der Waals surface area (Å²) in [6.45, 7) is 0.279. The summed E-state index contributed by atoms with van der Waals surface area (Å²) in [6.07, 6.45) is -1.22. The molecule has 0 saturated heterocycles. The molecule has 7 nitrogen and oxygen atoms in total. The summed E-state index contributed by atoms with van der Waals surface area (Å²) in [5, 5.41) is 8.10. The fourth-order valence-corrected chi connectivity index (χ4v) is 4.25. The van der Waals surface area contributed by atoms with Crippen LogP contribution in [0, 0.1) is 0 Å². The van der Waals surface area contributed by atoms with Crippen molar-refractivity contribution in [2.75, 3.05) is 6.61 Å². The lowest BCUT2D eigenvalue weighted by molar-refractivity contribution is -0.274. The molecule has 1 N–H and O–H groups in total. The second-order valence-corrected chi connectivity index (χ2v) is 7.92. The standard InChI is InChI=1S/C24H19F3N4O3/c1-31-19-9-4-15(13-16(19)14-29-31)22(32)30-23(10-12-33-20-3-2-11-28-21(20)23)17-5-7-18(8-6-17)34-24(25,26)27/h2-9,11,13-14H,10,12H2,1H3,(H,30,32). The fourth-order valence-electron chi connectivity index (χ4n) is 4.25. The van der Waals surface area contributed by atoms with Crippen molar-refractivity contribution in [1.29, 1.82) is 0 Å². The van der Waals surface area contributed by atoms with Crippen molar-refractivity contribution in [1.82, 2.24) is 20.1 Å². The van der Waals surface area contributed by atoms with E-state index in [1.165, 1.54) is 24.3 Å². The molecule has 4 aromatic rings. The number of benzene rings is 2. The van der Waals surface area contributed by atoms with Gasteiger partial charge in [0.15, 0.2) is 0 Å². The Balaban J connectivity index is 1.56. The van der Waals surface area contributed by atoms with E-state index < -0.39 is 11.9 Å². The number of fused-ring (bicyclic) bond motifs is 2. The molecule has 0 bridgehead atoms. The van der Waals surface area contributed by atoms with E-state index in [1.54, 1.807) is 41.3 Å². The van der Waals surface area contributed by atoms with Crippen LogP contribution in [-0.2, 0) is 12.6 Å². The number of amides is 1. The summed E-state index contributed by atoms with van der Waals surface area (Å²) in [5.41, 5.74) is 1.21. The Morgan fingerprint density at radius 2 is 1.97 bits per heavy atom. The second kappa shape index (κ2) is 8.05. The Labute approximate surface area is 192 Å². The van der Waals surface area contributed by atoms with Gasteiger partial charge in [0.25, 0.3) is 5.91 Å². The van der Waals surface area contributed by atoms with Crippen LogP contribution >= 0.6 is 0 Å². The number of carbonyl (C=O) groups is 1. The predicted octanol–water partition coefficient (Wildman–Crippen LogP) is 4.32. The van der Waals surface area contributed by atoms with Crippen molar-refractivity contribution in [3.05, 3.63) is 83.8 Å². The number of hydrogen-bond acceptors (Lipinski definition) is 5. The van der Waals surface area contributed by atoms with Crippen LogP contribution in [0.25, 0.3) is 10.9 Å². The van der Waals surface area contributed by atoms with Gasteiger partial charge in [-0.2, -0.15) is 5.10 Å². The molecule has 0 saturated carbocycles. The number of hydrogen-bond donors (Lipinski definition) is 1. The first-order valence-corrected chi connectivity index (χ1v) is 10.4. The molecule has 2 aromatic carbocycles. The summed E-state index contributed by atoms with van der Waals surface area (Å²) < 4.78 is 49.3. The quantitative estimate of drug-likeness (QED) is 0.483. The average Bonchev–Trinajstić information content (AvgIpc) is 3.19. The van der Waals surface area contributed by atoms with Gasteiger partial charge in [-0.25, -0.2) is 0 Å². The van der Waals surface area contributed by atoms with Crippen molar-refractivity contribution in [2.45, 2.75) is 18.3 Å². The summed E-state index contributed by atoms with van der Waals surface area (Å²) in [6, 6.07) is 14.1. The van der Waals surface area contributed by atoms with Gasteiger partial charge in [0, 0.05) is 30.6 Å². The van der Waals surface area contributed by atoms with Gasteiger partial charge in [0.05, 0.1) is 18.3 Å². The average molecular weight is 468 g/mol. The maximum Gasteiger partial charge on any atom is 0.573 e. The van der Waals surface area contributed by atoms with Gasteiger partial charge < -0.3 is 14.8 Å². The van der Waals surface area contributed by atoms with Crippen LogP contribution in [0.5, 0.6) is 11.5 Å². The molecule has 0 aliphatic carbocycles. The number of ether oxygens (including phenoxy) is 2. The normalized spacial score (nSPS) is 17.6. The molecule has 34 heavy (non-hydrogen) atoms. The van der Waals surface area contributed by atoms with Crippen molar-refractivity contribution >= 4 is 16.8 Å². The Morgan fingerprint density at radius 1 is 1.18 bits per heavy atom. The molecule has 10 heteroatoms. The van der Waals surface area contributed by atoms with E-state index >= 15 is 0 Å². The van der Waals surface area contributed by atoms with E-state index in [4.69, 9.17) is 4.74 Å². The lowest BCUT2D eigenvalue weighted by Gasteiger charge is -2.39. The number of nitrogens with zero attached hydrogens (tertiary/aromatic N) is 3. The van der Waals surface area contributed by atoms with Gasteiger partial charge in [-0.3, -0.25) is 14.5 Å². The third-order valence-electron chi connectivity index (χ3n) is 5.83. The number of pyridine rings is 1. The molecule has 1 unspecified atom stereocenters. The predicted molar refractivity (Wildman–Crippen MR) is 116 cm³/mol. The molecule has 2 aromatic heterocycles. The number of carbonyl (C=O) groups excluding carboxylic acids is 1. The minimum Gasteiger partial charge on any atom is -0.491 e. The highest BCUT2D eigenvalue weighted by Crippen LogP contribution is 2.41. The van der Waals surface area contributed by atoms with Crippen LogP contribution in [0.15, 0.2) is 67.0 Å². The van der Waals surface area contributed by atoms with E-state index in [-0.39, 0.29) is 18.3 Å². The third kappa shape index (κ3) is 3.91. The van der Waals surface area contributed by atoms with Gasteiger partial charge in [-0.15, -0.1) is 13.2 Å². The SMILES string of the molecule is Cn1ncc2cc(C(=O)NC3(c4ccc(OC(F)(F)F)cc4)CCOc4cccnc43)ccc21. The first kappa shape index (κ1) is 21.7. The first-order valence-electron chi connectivity index (χ1n) is 10.4. The topological polar surface area (TPSA) is 78.3 Å². The molecule has 1 amide bonds. The smallest absolute Gasteiger partial charge is 0.491 e. The number of aromatic nitrogens is 3. The van der Waals surface area contributed by atoms with Crippen LogP contribution in [0.2, 0.25) is 0 Å². The van der Waals surface area contributed by atoms with Crippen LogP contribution < -0.4 is 14.8 Å². The van der Waals surface area contributed by atoms with Crippen LogP contribution in [0.3, 0.4) is 0 Å². The number of aryl methyl sites for hydroxylation is 1. The summed E-state index contributed by atoms with van der Waals surface area (Å²) >= 11 is 0. The molecule has 174 valence electrons. The second-order valence-electron chi connectivity index (χ2n) is 7.92. The largest absolute Gasteiger partial charge is 0.573 e. The van der Waals surface area contributed by atoms with Crippen LogP contribution in [0.1, 0.15) is 28.0 Å². The van der Waals surface area contributed by atoms with Crippen molar-refractivity contribution in [2.24, 2.45) is 7.05 Å². The number of alkyl halides is 3. The van der Waals surface area contributed by atoms with Crippen molar-refractivity contribution in [3.63, 3.8) is 0 Å². The third-order valence-corrected chi connectivity index (χ3v) is 5.83. The minimum atomic E-state index is -4.80. The van der Waals surface area contributed by atoms with E-state index in [0.29, 0.717) is 29.0 Å². The van der Waals surface area contributed by atoms with E-state index in [9.17, 15) is 18.0 Å². The van der Waals surface area contributed by atoms with Crippen molar-refractivity contribution in [3.8, 4) is 11.5 Å². The monoisotopic (exact) mass is 468 g/mol. The maximum absolute atomic E-state index is 13.4. The van der Waals surface area contributed by atoms with Gasteiger partial charge in [0.2, 0.25) is 0 Å². The molecule has 0 spiro atoms. The highest BCUT2D eigenvalue weighted by Gasteiger charge is 2.42. The first-order chi connectivity index (χ1) is 16.2. The molecule has 1 atom stereocenters. The maximum atomic E-state index is 13.4. The highest BCUT2D eigenvalue weighted by molar-refractivity contribution is 5.98. The Bertz CT molecular complexity index is 1370. The Kier molecular flexibility index (Phi) is 5.15. The van der Waals surface area contributed by atoms with Gasteiger partial charge in [-0.05, 0) is 48.0 Å². The molecule has 0 fully saturated rings. The number of rotatable bonds is 4. The highest BCUT2D eigenvalue weighted by atomic mass is 19.4. The molecule has 3 heterocycles. The van der Waals surface area contributed by atoms with Gasteiger partial charge >= 0.3 is 6.36 Å². The van der Waals surface area contributed by atoms with Crippen LogP contribution in [-0.4, -0.2) is 33.6 Å². The molecule has 1 aliphatic heterocycles. The lowest BCUT2D eigenvalue weighted by Crippen LogP contribution is -2.50. The van der Waals surface area contributed by atoms with E-state index in [1.807, 2.05) is 13.1 Å². The molecular weight excluding hydrogens is 449 g/mol. The summed E-state index contributed by atoms with van der Waals surface area (Å²) in [4.78, 5) is 17.9. The van der Waals surface area contributed by atoms with Crippen LogP contribution in [0.4, 0.5) is 13.2 Å². The zero-order valence-corrected chi connectivity index (χ0v) is 18.0. The summed E-state index contributed by atoms with van der Waals surface area (Å²) in [7, 11) is 1.81. The zero-order valence-electron chi connectivity index (χ0n) is 18.0. The molecule has 0 radical (unpaired) electrons. The van der Waals surface area contributed by atoms with Gasteiger partial charge in [-0.1, -0.05) is 12.1 Å². The fraction of sp³-hybridized carbons (Fsp3) is 0.208. The van der Waals surface area contributed by atoms with Gasteiger partial charge in [0.1, 0.15) is 22.7 Å². The Morgan fingerprint density at radius 3 is 2.74 bits per heavy atom. The molecule has 1 aliphatic rings. The van der Waals surface area contributed by atoms with Crippen molar-refractivity contribution < 1.29 is 27.4 Å². The molecular formula is C24H19F3N4O3. The summed E-state index contributed by atoms with van der Waals surface area (Å²) in [5.74, 6) is -0.222. The zero-order chi connectivity index (χ0) is 23.9. The number of halogens is 3. The van der Waals surface area contributed by atoms with E-state index in [0.717, 1.165) is 10.9 Å². The Hall–Kier alpha value is -4.08. The molecule has 5 rings (SSSR count). The lowest BCUT2D eigenvalue weighted by atomic mass is 9.81. The minimum absolute atomic E-state index is 0.279.